The van der Waals surface area contributed by atoms with E-state index < -0.39 is 0 Å². The minimum atomic E-state index is -0.106. The van der Waals surface area contributed by atoms with Gasteiger partial charge < -0.3 is 15.1 Å². The summed E-state index contributed by atoms with van der Waals surface area (Å²) in [5, 5.41) is 2.96. The van der Waals surface area contributed by atoms with Crippen molar-refractivity contribution in [2.75, 3.05) is 36.0 Å². The van der Waals surface area contributed by atoms with Crippen LogP contribution in [0.15, 0.2) is 67.0 Å². The van der Waals surface area contributed by atoms with Gasteiger partial charge in [0.05, 0.1) is 5.56 Å². The second kappa shape index (κ2) is 8.73. The van der Waals surface area contributed by atoms with Gasteiger partial charge in [0.2, 0.25) is 0 Å². The lowest BCUT2D eigenvalue weighted by Crippen LogP contribution is -2.47. The molecule has 1 aliphatic heterocycles. The lowest BCUT2D eigenvalue weighted by Gasteiger charge is -2.36. The van der Waals surface area contributed by atoms with Gasteiger partial charge in [-0.2, -0.15) is 0 Å². The van der Waals surface area contributed by atoms with Crippen LogP contribution in [-0.4, -0.2) is 42.1 Å². The number of nitrogens with zero attached hydrogens (tertiary/aromatic N) is 4. The molecule has 0 aliphatic carbocycles. The van der Waals surface area contributed by atoms with Crippen LogP contribution in [0.25, 0.3) is 0 Å². The lowest BCUT2D eigenvalue weighted by atomic mass is 10.1. The number of rotatable bonds is 5. The number of carbonyl (C=O) groups excluding carboxylic acids is 1. The number of nitrogens with one attached hydrogen (secondary N) is 1. The van der Waals surface area contributed by atoms with Gasteiger partial charge in [0.1, 0.15) is 11.6 Å². The van der Waals surface area contributed by atoms with Crippen molar-refractivity contribution in [1.82, 2.24) is 15.3 Å². The molecule has 1 aromatic carbocycles. The molecular weight excluding hydrogens is 362 g/mol. The van der Waals surface area contributed by atoms with Crippen LogP contribution in [0.1, 0.15) is 21.5 Å². The van der Waals surface area contributed by atoms with Gasteiger partial charge in [-0.1, -0.05) is 35.9 Å². The normalized spacial score (nSPS) is 14.0. The number of hydrogen-bond acceptors (Lipinski definition) is 5. The van der Waals surface area contributed by atoms with Crippen LogP contribution in [0, 0.1) is 6.92 Å². The van der Waals surface area contributed by atoms with Crippen LogP contribution in [0.5, 0.6) is 0 Å². The number of carbonyl (C=O) groups is 1. The Morgan fingerprint density at radius 2 is 1.69 bits per heavy atom. The number of hydrogen-bond donors (Lipinski definition) is 1. The largest absolute Gasteiger partial charge is 0.353 e. The maximum absolute atomic E-state index is 12.4. The molecule has 1 amide bonds. The summed E-state index contributed by atoms with van der Waals surface area (Å²) in [7, 11) is 0. The van der Waals surface area contributed by atoms with E-state index in [4.69, 9.17) is 0 Å². The van der Waals surface area contributed by atoms with Crippen molar-refractivity contribution in [3.8, 4) is 0 Å². The molecule has 0 bridgehead atoms. The third-order valence-electron chi connectivity index (χ3n) is 5.12. The molecule has 0 spiro atoms. The van der Waals surface area contributed by atoms with E-state index in [1.165, 1.54) is 5.56 Å². The zero-order valence-electron chi connectivity index (χ0n) is 16.6. The lowest BCUT2D eigenvalue weighted by molar-refractivity contribution is 0.0950. The van der Waals surface area contributed by atoms with Gasteiger partial charge in [0, 0.05) is 45.1 Å². The van der Waals surface area contributed by atoms with E-state index in [1.807, 2.05) is 61.7 Å². The fraction of sp³-hybridized carbons (Fsp3) is 0.261. The minimum Gasteiger partial charge on any atom is -0.353 e. The summed E-state index contributed by atoms with van der Waals surface area (Å²) in [6.45, 7) is 6.11. The van der Waals surface area contributed by atoms with E-state index in [9.17, 15) is 4.79 Å². The molecule has 1 saturated heterocycles. The first-order chi connectivity index (χ1) is 14.2. The first-order valence-electron chi connectivity index (χ1n) is 9.90. The summed E-state index contributed by atoms with van der Waals surface area (Å²) in [5.74, 6) is 1.81. The summed E-state index contributed by atoms with van der Waals surface area (Å²) >= 11 is 0. The highest BCUT2D eigenvalue weighted by Gasteiger charge is 2.19. The molecule has 6 nitrogen and oxygen atoms in total. The zero-order chi connectivity index (χ0) is 20.1. The molecule has 29 heavy (non-hydrogen) atoms. The average molecular weight is 387 g/mol. The number of benzene rings is 1. The molecule has 4 rings (SSSR count). The van der Waals surface area contributed by atoms with E-state index in [0.29, 0.717) is 12.1 Å². The van der Waals surface area contributed by atoms with Crippen LogP contribution < -0.4 is 15.1 Å². The standard InChI is InChI=1S/C23H25N5O/c1-18-5-4-6-19(15-18)16-26-23(29)20-8-9-22(25-17-20)28-13-11-27(12-14-28)21-7-2-3-10-24-21/h2-10,15,17H,11-14,16H2,1H3,(H,26,29). The van der Waals surface area contributed by atoms with Crippen molar-refractivity contribution in [2.45, 2.75) is 13.5 Å². The van der Waals surface area contributed by atoms with Crippen molar-refractivity contribution in [3.63, 3.8) is 0 Å². The molecule has 0 saturated carbocycles. The first kappa shape index (κ1) is 18.9. The highest BCUT2D eigenvalue weighted by atomic mass is 16.1. The van der Waals surface area contributed by atoms with Crippen LogP contribution >= 0.6 is 0 Å². The van der Waals surface area contributed by atoms with Crippen molar-refractivity contribution in [3.05, 3.63) is 83.7 Å². The monoisotopic (exact) mass is 387 g/mol. The summed E-state index contributed by atoms with van der Waals surface area (Å²) in [5.41, 5.74) is 2.85. The van der Waals surface area contributed by atoms with Gasteiger partial charge in [-0.05, 0) is 36.8 Å². The molecule has 3 aromatic rings. The molecular formula is C23H25N5O. The molecule has 2 aromatic heterocycles. The molecule has 0 atom stereocenters. The quantitative estimate of drug-likeness (QED) is 0.729. The number of piperazine rings is 1. The van der Waals surface area contributed by atoms with Crippen molar-refractivity contribution >= 4 is 17.5 Å². The number of amides is 1. The van der Waals surface area contributed by atoms with Crippen molar-refractivity contribution in [2.24, 2.45) is 0 Å². The third-order valence-corrected chi connectivity index (χ3v) is 5.12. The Morgan fingerprint density at radius 3 is 2.31 bits per heavy atom. The van der Waals surface area contributed by atoms with Crippen LogP contribution in [0.3, 0.4) is 0 Å². The Hall–Kier alpha value is -3.41. The second-order valence-corrected chi connectivity index (χ2v) is 7.24. The third kappa shape index (κ3) is 4.71. The van der Waals surface area contributed by atoms with E-state index in [-0.39, 0.29) is 5.91 Å². The van der Waals surface area contributed by atoms with Crippen molar-refractivity contribution in [1.29, 1.82) is 0 Å². The van der Waals surface area contributed by atoms with Crippen LogP contribution in [-0.2, 0) is 6.54 Å². The second-order valence-electron chi connectivity index (χ2n) is 7.24. The maximum atomic E-state index is 12.4. The number of aromatic nitrogens is 2. The van der Waals surface area contributed by atoms with Gasteiger partial charge in [-0.3, -0.25) is 4.79 Å². The van der Waals surface area contributed by atoms with E-state index in [1.54, 1.807) is 6.20 Å². The Bertz CT molecular complexity index is 951. The first-order valence-corrected chi connectivity index (χ1v) is 9.90. The SMILES string of the molecule is Cc1cccc(CNC(=O)c2ccc(N3CCN(c4ccccn4)CC3)nc2)c1. The highest BCUT2D eigenvalue weighted by Crippen LogP contribution is 2.17. The van der Waals surface area contributed by atoms with Crippen LogP contribution in [0.4, 0.5) is 11.6 Å². The van der Waals surface area contributed by atoms with E-state index in [0.717, 1.165) is 43.4 Å². The zero-order valence-corrected chi connectivity index (χ0v) is 16.6. The van der Waals surface area contributed by atoms with E-state index in [2.05, 4.69) is 31.2 Å². The van der Waals surface area contributed by atoms with Gasteiger partial charge in [0.25, 0.3) is 5.91 Å². The Labute approximate surface area is 171 Å². The molecule has 1 N–H and O–H groups in total. The number of anilines is 2. The fourth-order valence-electron chi connectivity index (χ4n) is 3.52. The van der Waals surface area contributed by atoms with Gasteiger partial charge in [-0.15, -0.1) is 0 Å². The van der Waals surface area contributed by atoms with Gasteiger partial charge in [-0.25, -0.2) is 9.97 Å². The summed E-state index contributed by atoms with van der Waals surface area (Å²) < 4.78 is 0. The van der Waals surface area contributed by atoms with Gasteiger partial charge >= 0.3 is 0 Å². The smallest absolute Gasteiger partial charge is 0.253 e. The predicted molar refractivity (Wildman–Crippen MR) is 115 cm³/mol. The number of aryl methyl sites for hydroxylation is 1. The molecule has 0 radical (unpaired) electrons. The Kier molecular flexibility index (Phi) is 5.70. The average Bonchev–Trinajstić information content (AvgIpc) is 2.78. The Morgan fingerprint density at radius 1 is 0.931 bits per heavy atom. The fourth-order valence-corrected chi connectivity index (χ4v) is 3.52. The molecule has 3 heterocycles. The van der Waals surface area contributed by atoms with E-state index >= 15 is 0 Å². The molecule has 6 heteroatoms. The predicted octanol–water partition coefficient (Wildman–Crippen LogP) is 3.04. The molecule has 1 fully saturated rings. The summed E-state index contributed by atoms with van der Waals surface area (Å²) in [6.07, 6.45) is 3.48. The summed E-state index contributed by atoms with van der Waals surface area (Å²) in [6, 6.07) is 17.9. The highest BCUT2D eigenvalue weighted by molar-refractivity contribution is 5.94. The Balaban J connectivity index is 1.31. The van der Waals surface area contributed by atoms with Crippen LogP contribution in [0.2, 0.25) is 0 Å². The summed E-state index contributed by atoms with van der Waals surface area (Å²) in [4.78, 5) is 25.9. The molecule has 148 valence electrons. The molecule has 1 aliphatic rings. The number of pyridine rings is 2. The molecule has 0 unspecified atom stereocenters. The minimum absolute atomic E-state index is 0.106. The van der Waals surface area contributed by atoms with Gasteiger partial charge in [0.15, 0.2) is 0 Å². The maximum Gasteiger partial charge on any atom is 0.253 e. The van der Waals surface area contributed by atoms with Crippen molar-refractivity contribution < 1.29 is 4.79 Å². The topological polar surface area (TPSA) is 61.4 Å².